The number of nitrogens with two attached hydrogens (primary N) is 1. The number of carbonyl (C=O) groups excluding carboxylic acids is 1. The first kappa shape index (κ1) is 38.4. The molecule has 0 aliphatic carbocycles. The van der Waals surface area contributed by atoms with Crippen molar-refractivity contribution in [2.45, 2.75) is 44.8 Å². The van der Waals surface area contributed by atoms with E-state index in [-0.39, 0.29) is 23.2 Å². The van der Waals surface area contributed by atoms with Crippen molar-refractivity contribution in [3.05, 3.63) is 99.7 Å². The van der Waals surface area contributed by atoms with Gasteiger partial charge in [0.2, 0.25) is 0 Å². The number of carbonyl (C=O) groups is 1. The van der Waals surface area contributed by atoms with Crippen LogP contribution in [0.25, 0.3) is 0 Å². The van der Waals surface area contributed by atoms with Crippen molar-refractivity contribution < 1.29 is 27.4 Å². The van der Waals surface area contributed by atoms with Crippen molar-refractivity contribution >= 4 is 49.2 Å². The Labute approximate surface area is 292 Å². The van der Waals surface area contributed by atoms with Gasteiger partial charge in [-0.25, -0.2) is 4.79 Å². The summed E-state index contributed by atoms with van der Waals surface area (Å²) in [5.74, 6) is 0.290. The summed E-state index contributed by atoms with van der Waals surface area (Å²) in [5.41, 5.74) is 7.37. The van der Waals surface area contributed by atoms with Gasteiger partial charge in [0, 0.05) is 33.4 Å². The highest BCUT2D eigenvalue weighted by molar-refractivity contribution is 9.10. The Hall–Kier alpha value is -3.06. The van der Waals surface area contributed by atoms with E-state index in [4.69, 9.17) is 15.2 Å². The van der Waals surface area contributed by atoms with E-state index in [9.17, 15) is 18.0 Å². The number of anilines is 2. The Balaban J connectivity index is 1.64. The number of nitrogen functional groups attached to an aromatic ring is 1. The molecule has 256 valence electrons. The molecule has 47 heavy (non-hydrogen) atoms. The second kappa shape index (κ2) is 19.7. The van der Waals surface area contributed by atoms with E-state index >= 15 is 0 Å². The first-order chi connectivity index (χ1) is 22.5. The molecule has 7 nitrogen and oxygen atoms in total. The molecule has 0 aromatic heterocycles. The zero-order valence-electron chi connectivity index (χ0n) is 26.7. The highest BCUT2D eigenvalue weighted by atomic mass is 79.9. The van der Waals surface area contributed by atoms with E-state index in [0.29, 0.717) is 24.5 Å². The maximum absolute atomic E-state index is 13.5. The molecule has 0 radical (unpaired) electrons. The van der Waals surface area contributed by atoms with Crippen molar-refractivity contribution in [2.24, 2.45) is 0 Å². The van der Waals surface area contributed by atoms with Crippen LogP contribution in [0.3, 0.4) is 0 Å². The van der Waals surface area contributed by atoms with Crippen LogP contribution in [0.5, 0.6) is 5.75 Å². The predicted molar refractivity (Wildman–Crippen MR) is 190 cm³/mol. The zero-order valence-corrected chi connectivity index (χ0v) is 29.9. The molecule has 0 bridgehead atoms. The Bertz CT molecular complexity index is 1420. The van der Waals surface area contributed by atoms with Gasteiger partial charge in [-0.05, 0) is 106 Å². The molecule has 3 aromatic carbocycles. The average molecular weight is 785 g/mol. The quantitative estimate of drug-likeness (QED) is 0.0369. The van der Waals surface area contributed by atoms with Gasteiger partial charge in [-0.3, -0.25) is 0 Å². The number of rotatable bonds is 19. The molecule has 0 aliphatic heterocycles. The number of benzene rings is 3. The van der Waals surface area contributed by atoms with Gasteiger partial charge in [0.1, 0.15) is 5.75 Å². The highest BCUT2D eigenvalue weighted by Crippen LogP contribution is 2.33. The second-order valence-electron chi connectivity index (χ2n) is 11.0. The summed E-state index contributed by atoms with van der Waals surface area (Å²) in [6.45, 7) is 4.97. The van der Waals surface area contributed by atoms with Crippen LogP contribution in [-0.4, -0.2) is 56.1 Å². The average Bonchev–Trinajstić information content (AvgIpc) is 3.04. The molecule has 0 aliphatic rings. The first-order valence-electron chi connectivity index (χ1n) is 15.6. The fourth-order valence-corrected chi connectivity index (χ4v) is 5.62. The fourth-order valence-electron chi connectivity index (χ4n) is 4.92. The lowest BCUT2D eigenvalue weighted by molar-refractivity contribution is -0.139. The molecule has 4 N–H and O–H groups in total. The van der Waals surface area contributed by atoms with E-state index < -0.39 is 23.8 Å². The van der Waals surface area contributed by atoms with Gasteiger partial charge >= 0.3 is 12.1 Å². The van der Waals surface area contributed by atoms with Crippen LogP contribution in [0, 0.1) is 0 Å². The summed E-state index contributed by atoms with van der Waals surface area (Å²) in [5, 5.41) is 6.73. The third-order valence-electron chi connectivity index (χ3n) is 7.33. The number of allylic oxidation sites excluding steroid dienone is 1. The van der Waals surface area contributed by atoms with Crippen LogP contribution in [0.15, 0.2) is 88.5 Å². The number of alkyl halides is 4. The van der Waals surface area contributed by atoms with Crippen LogP contribution in [0.4, 0.5) is 24.5 Å². The molecule has 3 rings (SSSR count). The minimum absolute atomic E-state index is 0.139. The van der Waals surface area contributed by atoms with Gasteiger partial charge in [-0.15, -0.1) is 0 Å². The third kappa shape index (κ3) is 13.2. The van der Waals surface area contributed by atoms with Gasteiger partial charge in [-0.1, -0.05) is 56.5 Å². The van der Waals surface area contributed by atoms with E-state index in [0.717, 1.165) is 66.7 Å². The summed E-state index contributed by atoms with van der Waals surface area (Å²) >= 11 is 6.87. The molecule has 3 aromatic rings. The number of hydrogen-bond acceptors (Lipinski definition) is 7. The zero-order chi connectivity index (χ0) is 34.2. The largest absolute Gasteiger partial charge is 0.494 e. The van der Waals surface area contributed by atoms with Crippen molar-refractivity contribution in [2.75, 3.05) is 56.3 Å². The number of esters is 1. The van der Waals surface area contributed by atoms with Crippen LogP contribution < -0.4 is 21.1 Å². The van der Waals surface area contributed by atoms with E-state index in [1.165, 1.54) is 12.1 Å². The topological polar surface area (TPSA) is 88.8 Å². The normalized spacial score (nSPS) is 12.9. The molecule has 0 saturated heterocycles. The Morgan fingerprint density at radius 1 is 0.979 bits per heavy atom. The number of hydrogen-bond donors (Lipinski definition) is 3. The Kier molecular flexibility index (Phi) is 16.1. The summed E-state index contributed by atoms with van der Waals surface area (Å²) in [6, 6.07) is 19.2. The molecular weight excluding hydrogens is 741 g/mol. The monoisotopic (exact) mass is 782 g/mol. The molecule has 0 unspecified atom stereocenters. The lowest BCUT2D eigenvalue weighted by atomic mass is 9.96. The van der Waals surface area contributed by atoms with E-state index in [1.807, 2.05) is 36.4 Å². The van der Waals surface area contributed by atoms with Crippen LogP contribution in [-0.2, 0) is 15.7 Å². The summed E-state index contributed by atoms with van der Waals surface area (Å²) < 4.78 is 52.5. The molecule has 0 spiro atoms. The Morgan fingerprint density at radius 3 is 2.34 bits per heavy atom. The standard InChI is InChI=1S/C35H43Br2F3N4O3/c1-3-46-34(45)32(31(24-36)43-29-10-7-9-26(23-29)35(38,39)40)33(25-11-15-28(41)16-12-25)42-19-5-4-6-20-44(2)21-8-22-47-30-17-13-27(37)14-18-30/h7,9-18,23,33,42-43H,3-6,8,19-22,24,41H2,1-2H3/b32-31+/t33-/m1/s1. The van der Waals surface area contributed by atoms with Gasteiger partial charge in [0.05, 0.1) is 30.4 Å². The molecule has 0 amide bonds. The third-order valence-corrected chi connectivity index (χ3v) is 8.42. The lowest BCUT2D eigenvalue weighted by Gasteiger charge is -2.25. The van der Waals surface area contributed by atoms with E-state index in [1.54, 1.807) is 19.1 Å². The fraction of sp³-hybridized carbons (Fsp3) is 0.400. The van der Waals surface area contributed by atoms with Gasteiger partial charge in [0.25, 0.3) is 0 Å². The number of unbranched alkanes of at least 4 members (excludes halogenated alkanes) is 2. The number of nitrogens with zero attached hydrogens (tertiary/aromatic N) is 1. The molecule has 1 atom stereocenters. The maximum Gasteiger partial charge on any atom is 0.416 e. The first-order valence-corrected chi connectivity index (χ1v) is 17.5. The molecule has 12 heteroatoms. The van der Waals surface area contributed by atoms with Crippen molar-refractivity contribution in [3.8, 4) is 5.75 Å². The van der Waals surface area contributed by atoms with Crippen LogP contribution in [0.1, 0.15) is 49.8 Å². The molecule has 0 saturated carbocycles. The van der Waals surface area contributed by atoms with Crippen LogP contribution >= 0.6 is 31.9 Å². The van der Waals surface area contributed by atoms with Gasteiger partial charge in [-0.2, -0.15) is 13.2 Å². The minimum Gasteiger partial charge on any atom is -0.494 e. The SMILES string of the molecule is CCOC(=O)/C(=C(\CBr)Nc1cccc(C(F)(F)F)c1)[C@H](NCCCCCN(C)CCCOc1ccc(Br)cc1)c1ccc(N)cc1. The maximum atomic E-state index is 13.5. The highest BCUT2D eigenvalue weighted by Gasteiger charge is 2.31. The number of ether oxygens (including phenoxy) is 2. The lowest BCUT2D eigenvalue weighted by Crippen LogP contribution is -2.31. The smallest absolute Gasteiger partial charge is 0.416 e. The van der Waals surface area contributed by atoms with Crippen LogP contribution in [0.2, 0.25) is 0 Å². The summed E-state index contributed by atoms with van der Waals surface area (Å²) in [6.07, 6.45) is -0.759. The molecule has 0 heterocycles. The minimum atomic E-state index is -4.50. The number of nitrogens with one attached hydrogen (secondary N) is 2. The predicted octanol–water partition coefficient (Wildman–Crippen LogP) is 8.58. The summed E-state index contributed by atoms with van der Waals surface area (Å²) in [7, 11) is 2.10. The van der Waals surface area contributed by atoms with Crippen molar-refractivity contribution in [1.82, 2.24) is 10.2 Å². The van der Waals surface area contributed by atoms with Crippen molar-refractivity contribution in [1.29, 1.82) is 0 Å². The Morgan fingerprint density at radius 2 is 1.68 bits per heavy atom. The van der Waals surface area contributed by atoms with Crippen molar-refractivity contribution in [3.63, 3.8) is 0 Å². The summed E-state index contributed by atoms with van der Waals surface area (Å²) in [4.78, 5) is 15.7. The van der Waals surface area contributed by atoms with Gasteiger partial charge < -0.3 is 30.7 Å². The number of halogens is 5. The second-order valence-corrected chi connectivity index (χ2v) is 12.5. The molecule has 0 fully saturated rings. The van der Waals surface area contributed by atoms with E-state index in [2.05, 4.69) is 54.4 Å². The van der Waals surface area contributed by atoms with Gasteiger partial charge in [0.15, 0.2) is 0 Å². The molecular formula is C35H43Br2F3N4O3.